The number of carbonyl (C=O) groups excluding carboxylic acids is 2. The maximum absolute atomic E-state index is 11.0. The van der Waals surface area contributed by atoms with Crippen molar-refractivity contribution in [2.45, 2.75) is 32.2 Å². The lowest BCUT2D eigenvalue weighted by Crippen LogP contribution is -2.46. The minimum Gasteiger partial charge on any atom is -0.494 e. The van der Waals surface area contributed by atoms with Crippen molar-refractivity contribution >= 4 is 11.9 Å². The van der Waals surface area contributed by atoms with E-state index in [1.807, 2.05) is 0 Å². The van der Waals surface area contributed by atoms with E-state index in [9.17, 15) is 9.59 Å². The molecule has 0 saturated heterocycles. The van der Waals surface area contributed by atoms with Crippen LogP contribution >= 0.6 is 0 Å². The Kier molecular flexibility index (Phi) is 5.01. The van der Waals surface area contributed by atoms with Crippen LogP contribution in [0.2, 0.25) is 0 Å². The van der Waals surface area contributed by atoms with Gasteiger partial charge >= 0.3 is 11.9 Å². The molecule has 1 aliphatic heterocycles. The summed E-state index contributed by atoms with van der Waals surface area (Å²) in [4.78, 5) is 24.6. The summed E-state index contributed by atoms with van der Waals surface area (Å²) in [6.07, 6.45) is 0.521. The van der Waals surface area contributed by atoms with Crippen LogP contribution in [0.3, 0.4) is 0 Å². The highest BCUT2D eigenvalue weighted by Gasteiger charge is 2.36. The number of hydrogen-bond donors (Lipinski definition) is 0. The van der Waals surface area contributed by atoms with E-state index in [0.29, 0.717) is 0 Å². The average Bonchev–Trinajstić information content (AvgIpc) is 2.28. The minimum atomic E-state index is -0.832. The number of nitrogens with zero attached hydrogens (tertiary/aromatic N) is 3. The molecule has 0 saturated carbocycles. The number of carbonyl (C=O) groups is 2. The molecular weight excluding hydrogens is 242 g/mol. The van der Waals surface area contributed by atoms with Gasteiger partial charge in [-0.1, -0.05) is 5.11 Å². The van der Waals surface area contributed by atoms with Gasteiger partial charge in [-0.05, 0) is 11.6 Å². The Morgan fingerprint density at radius 3 is 2.61 bits per heavy atom. The lowest BCUT2D eigenvalue weighted by Gasteiger charge is -2.32. The van der Waals surface area contributed by atoms with E-state index >= 15 is 0 Å². The fourth-order valence-electron chi connectivity index (χ4n) is 1.52. The van der Waals surface area contributed by atoms with Crippen LogP contribution in [0.1, 0.15) is 13.8 Å². The summed E-state index contributed by atoms with van der Waals surface area (Å²) >= 11 is 0. The zero-order valence-electron chi connectivity index (χ0n) is 9.98. The van der Waals surface area contributed by atoms with Crippen LogP contribution in [0.15, 0.2) is 17.5 Å². The van der Waals surface area contributed by atoms with Gasteiger partial charge in [0.2, 0.25) is 0 Å². The average molecular weight is 255 g/mol. The molecule has 3 atom stereocenters. The van der Waals surface area contributed by atoms with Gasteiger partial charge < -0.3 is 14.2 Å². The van der Waals surface area contributed by atoms with Crippen molar-refractivity contribution in [3.8, 4) is 0 Å². The SMILES string of the molecule is CC(=O)OC1C=COC(CN=[N+]=[N-])[C@@H]1OC(C)=O. The van der Waals surface area contributed by atoms with Gasteiger partial charge in [0.25, 0.3) is 0 Å². The molecule has 0 aromatic heterocycles. The fraction of sp³-hybridized carbons (Fsp3) is 0.600. The normalized spacial score (nSPS) is 25.6. The molecule has 0 aromatic carbocycles. The summed E-state index contributed by atoms with van der Waals surface area (Å²) in [5, 5.41) is 3.36. The van der Waals surface area contributed by atoms with Crippen molar-refractivity contribution < 1.29 is 23.8 Å². The number of esters is 2. The van der Waals surface area contributed by atoms with Gasteiger partial charge in [-0.3, -0.25) is 9.59 Å². The quantitative estimate of drug-likeness (QED) is 0.323. The molecule has 0 aliphatic carbocycles. The first kappa shape index (κ1) is 13.9. The maximum Gasteiger partial charge on any atom is 0.303 e. The third-order valence-electron chi connectivity index (χ3n) is 2.14. The Bertz CT molecular complexity index is 402. The summed E-state index contributed by atoms with van der Waals surface area (Å²) in [5.74, 6) is -1.05. The first-order chi connectivity index (χ1) is 8.54. The largest absolute Gasteiger partial charge is 0.494 e. The first-order valence-electron chi connectivity index (χ1n) is 5.22. The molecule has 0 aromatic rings. The molecule has 0 N–H and O–H groups in total. The summed E-state index contributed by atoms with van der Waals surface area (Å²) < 4.78 is 15.2. The Morgan fingerprint density at radius 2 is 2.06 bits per heavy atom. The van der Waals surface area contributed by atoms with Gasteiger partial charge in [0.05, 0.1) is 12.8 Å². The minimum absolute atomic E-state index is 0.0312. The maximum atomic E-state index is 11.0. The van der Waals surface area contributed by atoms with Crippen LogP contribution in [0.5, 0.6) is 0 Å². The Morgan fingerprint density at radius 1 is 1.39 bits per heavy atom. The van der Waals surface area contributed by atoms with Crippen molar-refractivity contribution in [1.82, 2.24) is 0 Å². The second-order valence-electron chi connectivity index (χ2n) is 3.56. The van der Waals surface area contributed by atoms with Gasteiger partial charge in [0.1, 0.15) is 6.10 Å². The third-order valence-corrected chi connectivity index (χ3v) is 2.14. The molecule has 0 bridgehead atoms. The van der Waals surface area contributed by atoms with Crippen molar-refractivity contribution in [3.63, 3.8) is 0 Å². The predicted octanol–water partition coefficient (Wildman–Crippen LogP) is 1.07. The predicted molar refractivity (Wildman–Crippen MR) is 59.1 cm³/mol. The molecule has 2 unspecified atom stereocenters. The summed E-state index contributed by atoms with van der Waals surface area (Å²) in [5.41, 5.74) is 8.27. The van der Waals surface area contributed by atoms with E-state index in [1.165, 1.54) is 26.2 Å². The van der Waals surface area contributed by atoms with Crippen molar-refractivity contribution in [3.05, 3.63) is 22.8 Å². The molecule has 8 nitrogen and oxygen atoms in total. The van der Waals surface area contributed by atoms with E-state index in [2.05, 4.69) is 10.0 Å². The van der Waals surface area contributed by atoms with Crippen LogP contribution in [0, 0.1) is 0 Å². The van der Waals surface area contributed by atoms with E-state index < -0.39 is 30.3 Å². The summed E-state index contributed by atoms with van der Waals surface area (Å²) in [6.45, 7) is 2.45. The van der Waals surface area contributed by atoms with E-state index in [4.69, 9.17) is 19.7 Å². The van der Waals surface area contributed by atoms with Gasteiger partial charge in [0, 0.05) is 18.8 Å². The van der Waals surface area contributed by atoms with E-state index in [1.54, 1.807) is 0 Å². The highest BCUT2D eigenvalue weighted by Crippen LogP contribution is 2.19. The zero-order chi connectivity index (χ0) is 13.5. The van der Waals surface area contributed by atoms with Gasteiger partial charge in [0.15, 0.2) is 12.2 Å². The Balaban J connectivity index is 2.83. The second kappa shape index (κ2) is 6.51. The molecule has 18 heavy (non-hydrogen) atoms. The number of hydrogen-bond acceptors (Lipinski definition) is 6. The molecule has 1 rings (SSSR count). The first-order valence-corrected chi connectivity index (χ1v) is 5.22. The molecule has 0 spiro atoms. The lowest BCUT2D eigenvalue weighted by atomic mass is 10.1. The van der Waals surface area contributed by atoms with Gasteiger partial charge in [-0.15, -0.1) is 0 Å². The van der Waals surface area contributed by atoms with Gasteiger partial charge in [-0.2, -0.15) is 0 Å². The number of ether oxygens (including phenoxy) is 3. The van der Waals surface area contributed by atoms with Crippen LogP contribution in [-0.4, -0.2) is 36.8 Å². The molecule has 0 radical (unpaired) electrons. The fourth-order valence-corrected chi connectivity index (χ4v) is 1.52. The smallest absolute Gasteiger partial charge is 0.303 e. The number of azide groups is 1. The van der Waals surface area contributed by atoms with E-state index in [0.717, 1.165) is 0 Å². The zero-order valence-corrected chi connectivity index (χ0v) is 9.98. The van der Waals surface area contributed by atoms with Gasteiger partial charge in [-0.25, -0.2) is 0 Å². The van der Waals surface area contributed by atoms with Crippen LogP contribution < -0.4 is 0 Å². The van der Waals surface area contributed by atoms with Crippen molar-refractivity contribution in [1.29, 1.82) is 0 Å². The summed E-state index contributed by atoms with van der Waals surface area (Å²) in [7, 11) is 0. The Labute approximate surface area is 103 Å². The molecule has 0 fully saturated rings. The second-order valence-corrected chi connectivity index (χ2v) is 3.56. The standard InChI is InChI=1S/C10H13N3O5/c1-6(14)17-8-3-4-16-9(5-12-13-11)10(8)18-7(2)15/h3-4,8-10H,5H2,1-2H3/t8?,9?,10-/m1/s1. The molecular formula is C10H13N3O5. The van der Waals surface area contributed by atoms with Crippen LogP contribution in [0.4, 0.5) is 0 Å². The van der Waals surface area contributed by atoms with Crippen molar-refractivity contribution in [2.75, 3.05) is 6.54 Å². The molecule has 1 heterocycles. The van der Waals surface area contributed by atoms with Crippen LogP contribution in [0.25, 0.3) is 10.4 Å². The monoisotopic (exact) mass is 255 g/mol. The molecule has 98 valence electrons. The van der Waals surface area contributed by atoms with Crippen molar-refractivity contribution in [2.24, 2.45) is 5.11 Å². The molecule has 1 aliphatic rings. The molecule has 8 heteroatoms. The topological polar surface area (TPSA) is 111 Å². The highest BCUT2D eigenvalue weighted by molar-refractivity contribution is 5.67. The third kappa shape index (κ3) is 3.99. The Hall–Kier alpha value is -2.21. The lowest BCUT2D eigenvalue weighted by molar-refractivity contribution is -0.172. The summed E-state index contributed by atoms with van der Waals surface area (Å²) in [6, 6.07) is 0. The molecule has 0 amide bonds. The number of rotatable bonds is 4. The van der Waals surface area contributed by atoms with E-state index in [-0.39, 0.29) is 6.54 Å². The highest BCUT2D eigenvalue weighted by atomic mass is 16.6. The van der Waals surface area contributed by atoms with Crippen LogP contribution in [-0.2, 0) is 23.8 Å².